The van der Waals surface area contributed by atoms with E-state index in [1.54, 1.807) is 0 Å². The number of nitrogens with zero attached hydrogens (tertiary/aromatic N) is 3. The minimum atomic E-state index is 0.211. The third-order valence-electron chi connectivity index (χ3n) is 5.75. The van der Waals surface area contributed by atoms with Crippen molar-refractivity contribution >= 4 is 0 Å². The molecule has 0 N–H and O–H groups in total. The molecule has 102 valence electrons. The molecule has 1 aromatic heterocycles. The number of likely N-dealkylation sites (tertiary alicyclic amines) is 1. The number of rotatable bonds is 3. The molecular weight excluding hydrogens is 238 g/mol. The van der Waals surface area contributed by atoms with Crippen LogP contribution < -0.4 is 0 Å². The van der Waals surface area contributed by atoms with Crippen LogP contribution in [0.3, 0.4) is 0 Å². The van der Waals surface area contributed by atoms with Crippen molar-refractivity contribution in [3.8, 4) is 0 Å². The highest BCUT2D eigenvalue weighted by Crippen LogP contribution is 2.52. The van der Waals surface area contributed by atoms with Crippen molar-refractivity contribution in [2.75, 3.05) is 13.1 Å². The van der Waals surface area contributed by atoms with Crippen molar-refractivity contribution in [3.05, 3.63) is 11.8 Å². The van der Waals surface area contributed by atoms with Crippen molar-refractivity contribution < 1.29 is 4.42 Å². The van der Waals surface area contributed by atoms with Crippen LogP contribution in [0.25, 0.3) is 0 Å². The highest BCUT2D eigenvalue weighted by atomic mass is 16.4. The first kappa shape index (κ1) is 10.8. The smallest absolute Gasteiger partial charge is 0.224 e. The van der Waals surface area contributed by atoms with Crippen LogP contribution in [-0.4, -0.2) is 34.2 Å². The van der Waals surface area contributed by atoms with Crippen LogP contribution in [0.2, 0.25) is 0 Å². The molecule has 0 unspecified atom stereocenters. The van der Waals surface area contributed by atoms with Gasteiger partial charge in [-0.3, -0.25) is 4.90 Å². The standard InChI is InChI=1S/C15H21N3O/c1-2-11-8-18(12-5-6-12)9-15(11,7-1)14-17-16-13(19-14)10-3-4-10/h10-12H,1-9H2/t11-,15-/m0/s1. The van der Waals surface area contributed by atoms with E-state index in [1.807, 2.05) is 0 Å². The summed E-state index contributed by atoms with van der Waals surface area (Å²) in [5.74, 6) is 3.24. The maximum Gasteiger partial charge on any atom is 0.224 e. The number of fused-ring (bicyclic) bond motifs is 1. The Labute approximate surface area is 113 Å². The molecule has 4 fully saturated rings. The van der Waals surface area contributed by atoms with E-state index in [-0.39, 0.29) is 5.41 Å². The molecule has 0 radical (unpaired) electrons. The summed E-state index contributed by atoms with van der Waals surface area (Å²) in [6.45, 7) is 2.44. The fourth-order valence-electron chi connectivity index (χ4n) is 4.33. The fourth-order valence-corrected chi connectivity index (χ4v) is 4.33. The third kappa shape index (κ3) is 1.55. The molecule has 0 aromatic carbocycles. The lowest BCUT2D eigenvalue weighted by atomic mass is 9.80. The van der Waals surface area contributed by atoms with Gasteiger partial charge in [-0.25, -0.2) is 0 Å². The van der Waals surface area contributed by atoms with Crippen molar-refractivity contribution in [2.24, 2.45) is 5.92 Å². The van der Waals surface area contributed by atoms with Gasteiger partial charge in [-0.05, 0) is 44.4 Å². The first-order valence-corrected chi connectivity index (χ1v) is 7.93. The Morgan fingerprint density at radius 1 is 1.11 bits per heavy atom. The van der Waals surface area contributed by atoms with E-state index in [4.69, 9.17) is 4.42 Å². The Balaban J connectivity index is 1.49. The van der Waals surface area contributed by atoms with Gasteiger partial charge in [-0.2, -0.15) is 0 Å². The Bertz CT molecular complexity index is 505. The zero-order valence-corrected chi connectivity index (χ0v) is 11.3. The van der Waals surface area contributed by atoms with E-state index in [0.717, 1.165) is 23.7 Å². The van der Waals surface area contributed by atoms with E-state index < -0.39 is 0 Å². The van der Waals surface area contributed by atoms with Gasteiger partial charge in [-0.15, -0.1) is 10.2 Å². The molecule has 0 bridgehead atoms. The summed E-state index contributed by atoms with van der Waals surface area (Å²) >= 11 is 0. The molecule has 2 atom stereocenters. The lowest BCUT2D eigenvalue weighted by Gasteiger charge is -2.24. The van der Waals surface area contributed by atoms with Crippen molar-refractivity contribution in [1.29, 1.82) is 0 Å². The average molecular weight is 259 g/mol. The van der Waals surface area contributed by atoms with Crippen LogP contribution in [0.15, 0.2) is 4.42 Å². The quantitative estimate of drug-likeness (QED) is 0.836. The van der Waals surface area contributed by atoms with Crippen LogP contribution in [0, 0.1) is 5.92 Å². The van der Waals surface area contributed by atoms with E-state index >= 15 is 0 Å². The molecule has 3 saturated carbocycles. The highest BCUT2D eigenvalue weighted by molar-refractivity contribution is 5.18. The monoisotopic (exact) mass is 259 g/mol. The molecule has 1 saturated heterocycles. The Morgan fingerprint density at radius 2 is 2.00 bits per heavy atom. The minimum Gasteiger partial charge on any atom is -0.424 e. The van der Waals surface area contributed by atoms with Crippen molar-refractivity contribution in [3.63, 3.8) is 0 Å². The number of aromatic nitrogens is 2. The predicted octanol–water partition coefficient (Wildman–Crippen LogP) is 2.46. The molecule has 2 heterocycles. The van der Waals surface area contributed by atoms with Gasteiger partial charge in [0.25, 0.3) is 0 Å². The third-order valence-corrected chi connectivity index (χ3v) is 5.75. The molecule has 4 heteroatoms. The summed E-state index contributed by atoms with van der Waals surface area (Å²) in [7, 11) is 0. The van der Waals surface area contributed by atoms with E-state index in [1.165, 1.54) is 58.0 Å². The van der Waals surface area contributed by atoms with Gasteiger partial charge in [-0.1, -0.05) is 6.42 Å². The summed E-state index contributed by atoms with van der Waals surface area (Å²) < 4.78 is 6.10. The van der Waals surface area contributed by atoms with Crippen LogP contribution in [0.4, 0.5) is 0 Å². The maximum absolute atomic E-state index is 6.10. The lowest BCUT2D eigenvalue weighted by molar-refractivity contribution is 0.262. The molecule has 0 amide bonds. The zero-order valence-electron chi connectivity index (χ0n) is 11.3. The predicted molar refractivity (Wildman–Crippen MR) is 69.9 cm³/mol. The Hall–Kier alpha value is -0.900. The highest BCUT2D eigenvalue weighted by Gasteiger charge is 2.56. The molecule has 5 rings (SSSR count). The Kier molecular flexibility index (Phi) is 2.05. The second-order valence-electron chi connectivity index (χ2n) is 7.13. The van der Waals surface area contributed by atoms with E-state index in [2.05, 4.69) is 15.1 Å². The number of hydrogen-bond acceptors (Lipinski definition) is 4. The van der Waals surface area contributed by atoms with Gasteiger partial charge in [0.2, 0.25) is 11.8 Å². The average Bonchev–Trinajstić information content (AvgIpc) is 3.30. The van der Waals surface area contributed by atoms with Crippen LogP contribution in [0.1, 0.15) is 62.6 Å². The van der Waals surface area contributed by atoms with Gasteiger partial charge < -0.3 is 4.42 Å². The molecule has 3 aliphatic carbocycles. The number of hydrogen-bond donors (Lipinski definition) is 0. The topological polar surface area (TPSA) is 42.2 Å². The summed E-state index contributed by atoms with van der Waals surface area (Å²) in [6, 6.07) is 0.869. The SMILES string of the molecule is C1C[C@H]2CN(C3CC3)C[C@@]2(c2nnc(C3CC3)o2)C1. The van der Waals surface area contributed by atoms with Crippen LogP contribution in [-0.2, 0) is 5.41 Å². The molecular formula is C15H21N3O. The Morgan fingerprint density at radius 3 is 2.79 bits per heavy atom. The normalized spacial score (nSPS) is 38.8. The lowest BCUT2D eigenvalue weighted by Crippen LogP contribution is -2.33. The molecule has 4 nitrogen and oxygen atoms in total. The second kappa shape index (κ2) is 3.60. The summed E-state index contributed by atoms with van der Waals surface area (Å²) in [5.41, 5.74) is 0.211. The van der Waals surface area contributed by atoms with E-state index in [9.17, 15) is 0 Å². The summed E-state index contributed by atoms with van der Waals surface area (Å²) in [6.07, 6.45) is 9.24. The van der Waals surface area contributed by atoms with Gasteiger partial charge in [0.05, 0.1) is 5.41 Å². The van der Waals surface area contributed by atoms with Crippen LogP contribution in [0.5, 0.6) is 0 Å². The summed E-state index contributed by atoms with van der Waals surface area (Å²) in [4.78, 5) is 2.70. The molecule has 1 aliphatic heterocycles. The minimum absolute atomic E-state index is 0.211. The molecule has 19 heavy (non-hydrogen) atoms. The summed E-state index contributed by atoms with van der Waals surface area (Å²) in [5, 5.41) is 8.79. The largest absolute Gasteiger partial charge is 0.424 e. The zero-order chi connectivity index (χ0) is 12.4. The van der Waals surface area contributed by atoms with Gasteiger partial charge >= 0.3 is 0 Å². The van der Waals surface area contributed by atoms with Gasteiger partial charge in [0.1, 0.15) is 0 Å². The van der Waals surface area contributed by atoms with Gasteiger partial charge in [0, 0.05) is 25.0 Å². The second-order valence-corrected chi connectivity index (χ2v) is 7.13. The van der Waals surface area contributed by atoms with E-state index in [0.29, 0.717) is 5.92 Å². The van der Waals surface area contributed by atoms with Crippen molar-refractivity contribution in [2.45, 2.75) is 62.3 Å². The van der Waals surface area contributed by atoms with Gasteiger partial charge in [0.15, 0.2) is 0 Å². The molecule has 1 aromatic rings. The molecule has 4 aliphatic rings. The fraction of sp³-hybridized carbons (Fsp3) is 0.867. The first-order chi connectivity index (χ1) is 9.35. The van der Waals surface area contributed by atoms with Crippen molar-refractivity contribution in [1.82, 2.24) is 15.1 Å². The maximum atomic E-state index is 6.10. The molecule has 0 spiro atoms. The van der Waals surface area contributed by atoms with Crippen LogP contribution >= 0.6 is 0 Å². The first-order valence-electron chi connectivity index (χ1n) is 7.93.